The van der Waals surface area contributed by atoms with Gasteiger partial charge in [0, 0.05) is 17.1 Å². The second kappa shape index (κ2) is 11.5. The molecule has 2 nitrogen and oxygen atoms in total. The average Bonchev–Trinajstić information content (AvgIpc) is 2.63. The fraction of sp³-hybridized carbons (Fsp3) is 0. The van der Waals surface area contributed by atoms with Crippen LogP contribution in [0.1, 0.15) is 0 Å². The Labute approximate surface area is 113 Å². The van der Waals surface area contributed by atoms with Crippen LogP contribution in [-0.2, 0) is 17.1 Å². The first-order chi connectivity index (χ1) is 5.79. The molecule has 0 bridgehead atoms. The van der Waals surface area contributed by atoms with Crippen LogP contribution in [0, 0.1) is 0 Å². The van der Waals surface area contributed by atoms with Gasteiger partial charge in [0.1, 0.15) is 0 Å². The summed E-state index contributed by atoms with van der Waals surface area (Å²) in [5.74, 6) is 0. The van der Waals surface area contributed by atoms with Crippen molar-refractivity contribution >= 4 is 36.2 Å². The zero-order chi connectivity index (χ0) is 8.81. The van der Waals surface area contributed by atoms with Crippen LogP contribution in [0.4, 0.5) is 11.4 Å². The minimum absolute atomic E-state index is 0. The first-order valence-corrected chi connectivity index (χ1v) is 3.73. The first kappa shape index (κ1) is 19.9. The van der Waals surface area contributed by atoms with E-state index in [-0.39, 0.29) is 41.9 Å². The van der Waals surface area contributed by atoms with Gasteiger partial charge in [-0.2, -0.15) is 12.1 Å². The summed E-state index contributed by atoms with van der Waals surface area (Å²) in [6.07, 6.45) is 0. The van der Waals surface area contributed by atoms with E-state index in [4.69, 9.17) is 11.5 Å². The molecule has 2 rings (SSSR count). The molecule has 0 spiro atoms. The van der Waals surface area contributed by atoms with Crippen molar-refractivity contribution in [1.29, 1.82) is 0 Å². The maximum atomic E-state index is 5.28. The summed E-state index contributed by atoms with van der Waals surface area (Å²) in [6, 6.07) is 15.1. The number of hydrogen-bond acceptors (Lipinski definition) is 2. The molecule has 0 atom stereocenters. The van der Waals surface area contributed by atoms with Crippen LogP contribution in [0.2, 0.25) is 0 Å². The van der Waals surface area contributed by atoms with E-state index in [0.29, 0.717) is 0 Å². The summed E-state index contributed by atoms with van der Waals surface area (Å²) >= 11 is 0. The standard InChI is InChI=1S/2C5H6N.2ClH.Fe/c2*6-5-3-1-2-4-5;;;/h2*1-4H,6H2;2*1H;/q-5;-1;;;. The Hall–Kier alpha value is -0.601. The molecule has 0 saturated carbocycles. The van der Waals surface area contributed by atoms with Gasteiger partial charge in [-0.05, 0) is 0 Å². The molecule has 0 amide bonds. The maximum Gasteiger partial charge on any atom is 0 e. The first-order valence-electron chi connectivity index (χ1n) is 3.73. The predicted octanol–water partition coefficient (Wildman–Crippen LogP) is 2.82. The second-order valence-corrected chi connectivity index (χ2v) is 2.44. The molecule has 0 saturated heterocycles. The van der Waals surface area contributed by atoms with E-state index < -0.39 is 0 Å². The van der Waals surface area contributed by atoms with Crippen LogP contribution in [0.3, 0.4) is 0 Å². The molecule has 0 aromatic heterocycles. The largest absolute Gasteiger partial charge is 0.746 e. The fourth-order valence-electron chi connectivity index (χ4n) is 0.778. The van der Waals surface area contributed by atoms with E-state index in [1.807, 2.05) is 48.5 Å². The van der Waals surface area contributed by atoms with Gasteiger partial charge in [-0.15, -0.1) is 24.8 Å². The summed E-state index contributed by atoms with van der Waals surface area (Å²) in [5, 5.41) is 0. The molecule has 0 aliphatic carbocycles. The Morgan fingerprint density at radius 2 is 1.27 bits per heavy atom. The van der Waals surface area contributed by atoms with Crippen molar-refractivity contribution in [3.05, 3.63) is 48.5 Å². The van der Waals surface area contributed by atoms with E-state index in [0.717, 1.165) is 11.4 Å². The number of halogens is 2. The third-order valence-corrected chi connectivity index (χ3v) is 1.38. The van der Waals surface area contributed by atoms with Crippen LogP contribution in [0.5, 0.6) is 0 Å². The summed E-state index contributed by atoms with van der Waals surface area (Å²) < 4.78 is 0. The summed E-state index contributed by atoms with van der Waals surface area (Å²) in [7, 11) is 0. The van der Waals surface area contributed by atoms with Crippen LogP contribution in [0.15, 0.2) is 48.5 Å². The van der Waals surface area contributed by atoms with Crippen molar-refractivity contribution in [2.24, 2.45) is 0 Å². The molecule has 0 aliphatic rings. The van der Waals surface area contributed by atoms with E-state index in [9.17, 15) is 0 Å². The molecule has 2 aromatic rings. The molecule has 15 heavy (non-hydrogen) atoms. The van der Waals surface area contributed by atoms with Gasteiger partial charge in [0.15, 0.2) is 0 Å². The van der Waals surface area contributed by atoms with Crippen molar-refractivity contribution in [1.82, 2.24) is 0 Å². The zero-order valence-electron chi connectivity index (χ0n) is 7.94. The Balaban J connectivity index is -0.000000160. The average molecular weight is 289 g/mol. The Morgan fingerprint density at radius 1 is 0.867 bits per heavy atom. The molecule has 4 N–H and O–H groups in total. The van der Waals surface area contributed by atoms with Gasteiger partial charge in [-0.3, -0.25) is 0 Å². The Kier molecular flexibility index (Phi) is 15.2. The van der Waals surface area contributed by atoms with Crippen molar-refractivity contribution in [3.63, 3.8) is 0 Å². The molecule has 0 aliphatic heterocycles. The van der Waals surface area contributed by atoms with Crippen molar-refractivity contribution in [3.8, 4) is 0 Å². The number of nitrogen functional groups attached to an aromatic ring is 2. The minimum Gasteiger partial charge on any atom is -0.746 e. The summed E-state index contributed by atoms with van der Waals surface area (Å²) in [6.45, 7) is 0. The molecular weight excluding hydrogens is 275 g/mol. The molecule has 0 fully saturated rings. The van der Waals surface area contributed by atoms with E-state index in [1.54, 1.807) is 0 Å². The second-order valence-electron chi connectivity index (χ2n) is 2.44. The fourth-order valence-corrected chi connectivity index (χ4v) is 0.778. The van der Waals surface area contributed by atoms with Gasteiger partial charge in [-0.1, -0.05) is 5.69 Å². The molecule has 0 unspecified atom stereocenters. The van der Waals surface area contributed by atoms with Crippen molar-refractivity contribution in [2.45, 2.75) is 0 Å². The molecule has 2 aromatic carbocycles. The van der Waals surface area contributed by atoms with Crippen LogP contribution >= 0.6 is 24.8 Å². The monoisotopic (exact) mass is 288 g/mol. The molecule has 5 heteroatoms. The van der Waals surface area contributed by atoms with Gasteiger partial charge in [0.2, 0.25) is 0 Å². The summed E-state index contributed by atoms with van der Waals surface area (Å²) in [4.78, 5) is 0. The van der Waals surface area contributed by atoms with E-state index in [2.05, 4.69) is 0 Å². The molecular formula is C10H14Cl2FeN2-6. The maximum absolute atomic E-state index is 5.28. The van der Waals surface area contributed by atoms with Crippen molar-refractivity contribution < 1.29 is 17.1 Å². The van der Waals surface area contributed by atoms with Gasteiger partial charge >= 0.3 is 0 Å². The van der Waals surface area contributed by atoms with E-state index >= 15 is 0 Å². The predicted molar refractivity (Wildman–Crippen MR) is 67.4 cm³/mol. The normalized spacial score (nSPS) is 6.93. The topological polar surface area (TPSA) is 52.0 Å². The van der Waals surface area contributed by atoms with Crippen LogP contribution in [0.25, 0.3) is 0 Å². The Bertz CT molecular complexity index is 261. The minimum atomic E-state index is 0. The quantitative estimate of drug-likeness (QED) is 0.579. The number of anilines is 2. The van der Waals surface area contributed by atoms with Gasteiger partial charge < -0.3 is 41.4 Å². The molecule has 92 valence electrons. The number of rotatable bonds is 0. The third kappa shape index (κ3) is 9.70. The van der Waals surface area contributed by atoms with Crippen LogP contribution in [-0.4, -0.2) is 0 Å². The van der Waals surface area contributed by atoms with E-state index in [1.165, 1.54) is 0 Å². The zero-order valence-corrected chi connectivity index (χ0v) is 10.7. The molecule has 0 heterocycles. The van der Waals surface area contributed by atoms with Crippen LogP contribution < -0.4 is 11.5 Å². The van der Waals surface area contributed by atoms with Gasteiger partial charge in [0.25, 0.3) is 0 Å². The number of hydrogen-bond donors (Lipinski definition) is 2. The molecule has 0 radical (unpaired) electrons. The summed E-state index contributed by atoms with van der Waals surface area (Å²) in [5.41, 5.74) is 12.2. The van der Waals surface area contributed by atoms with Gasteiger partial charge in [-0.25, -0.2) is 12.1 Å². The smallest absolute Gasteiger partial charge is 0 e. The van der Waals surface area contributed by atoms with Gasteiger partial charge in [0.05, 0.1) is 0 Å². The van der Waals surface area contributed by atoms with Crippen molar-refractivity contribution in [2.75, 3.05) is 11.5 Å². The Morgan fingerprint density at radius 3 is 1.40 bits per heavy atom. The SMILES string of the molecule is Cl.Cl.N[c-]1[cH-][cH-][cH-][cH-]1.N[c-]1cccc1.[Fe]. The number of nitrogens with two attached hydrogens (primary N) is 2. The third-order valence-electron chi connectivity index (χ3n) is 1.38.